The molecule has 0 aromatic rings. The standard InChI is InChI=1S/C27H46O3/c1-8-9-17-27-22(5)21(4)24(28)19-23(27)13-18-26(7,30-27)16-11-15-25(6,29)14-10-12-20(2)3/h12,19,24,28-29H,8-11,13-18H2,1-7H3. The summed E-state index contributed by atoms with van der Waals surface area (Å²) in [6.45, 7) is 14.9. The molecule has 0 spiro atoms. The van der Waals surface area contributed by atoms with Gasteiger partial charge in [-0.1, -0.05) is 31.4 Å². The highest BCUT2D eigenvalue weighted by atomic mass is 16.5. The zero-order valence-corrected chi connectivity index (χ0v) is 20.6. The molecule has 2 N–H and O–H groups in total. The van der Waals surface area contributed by atoms with Crippen LogP contribution in [0.5, 0.6) is 0 Å². The summed E-state index contributed by atoms with van der Waals surface area (Å²) in [4.78, 5) is 0. The molecule has 3 nitrogen and oxygen atoms in total. The summed E-state index contributed by atoms with van der Waals surface area (Å²) in [5.41, 5.74) is 3.68. The highest BCUT2D eigenvalue weighted by Crippen LogP contribution is 2.51. The summed E-state index contributed by atoms with van der Waals surface area (Å²) in [5, 5.41) is 21.3. The smallest absolute Gasteiger partial charge is 0.111 e. The molecule has 1 heterocycles. The zero-order chi connectivity index (χ0) is 22.6. The van der Waals surface area contributed by atoms with Gasteiger partial charge in [0.2, 0.25) is 0 Å². The van der Waals surface area contributed by atoms with E-state index in [0.717, 1.165) is 69.8 Å². The monoisotopic (exact) mass is 418 g/mol. The lowest BCUT2D eigenvalue weighted by Gasteiger charge is -2.52. The molecular weight excluding hydrogens is 372 g/mol. The minimum Gasteiger partial charge on any atom is -0.390 e. The summed E-state index contributed by atoms with van der Waals surface area (Å²) in [6, 6.07) is 0. The molecule has 0 radical (unpaired) electrons. The average Bonchev–Trinajstić information content (AvgIpc) is 2.65. The molecule has 1 fully saturated rings. The van der Waals surface area contributed by atoms with Gasteiger partial charge in [-0.15, -0.1) is 0 Å². The van der Waals surface area contributed by atoms with Crippen molar-refractivity contribution < 1.29 is 14.9 Å². The number of unbranched alkanes of at least 4 members (excludes halogenated alkanes) is 1. The normalized spacial score (nSPS) is 31.1. The largest absolute Gasteiger partial charge is 0.390 e. The fraction of sp³-hybridized carbons (Fsp3) is 0.778. The zero-order valence-electron chi connectivity index (χ0n) is 20.6. The lowest BCUT2D eigenvalue weighted by Crippen LogP contribution is -2.51. The van der Waals surface area contributed by atoms with Crippen LogP contribution in [0.15, 0.2) is 34.4 Å². The lowest BCUT2D eigenvalue weighted by molar-refractivity contribution is -0.147. The van der Waals surface area contributed by atoms with Crippen molar-refractivity contribution in [2.45, 2.75) is 136 Å². The maximum absolute atomic E-state index is 10.8. The van der Waals surface area contributed by atoms with Crippen molar-refractivity contribution in [3.63, 3.8) is 0 Å². The van der Waals surface area contributed by atoms with Gasteiger partial charge in [0.15, 0.2) is 0 Å². The first-order valence-electron chi connectivity index (χ1n) is 12.1. The Morgan fingerprint density at radius 2 is 1.93 bits per heavy atom. The first-order chi connectivity index (χ1) is 13.9. The van der Waals surface area contributed by atoms with Gasteiger partial charge >= 0.3 is 0 Å². The number of ether oxygens (including phenoxy) is 1. The van der Waals surface area contributed by atoms with Crippen molar-refractivity contribution in [3.8, 4) is 0 Å². The molecule has 2 rings (SSSR count). The van der Waals surface area contributed by atoms with Crippen molar-refractivity contribution in [2.24, 2.45) is 0 Å². The third-order valence-electron chi connectivity index (χ3n) is 7.40. The van der Waals surface area contributed by atoms with E-state index in [1.54, 1.807) is 0 Å². The Morgan fingerprint density at radius 3 is 2.57 bits per heavy atom. The van der Waals surface area contributed by atoms with Crippen LogP contribution < -0.4 is 0 Å². The molecule has 30 heavy (non-hydrogen) atoms. The van der Waals surface area contributed by atoms with Crippen molar-refractivity contribution in [1.29, 1.82) is 0 Å². The van der Waals surface area contributed by atoms with E-state index in [-0.39, 0.29) is 11.2 Å². The Bertz CT molecular complexity index is 680. The summed E-state index contributed by atoms with van der Waals surface area (Å²) in [7, 11) is 0. The van der Waals surface area contributed by atoms with Gasteiger partial charge in [0, 0.05) is 0 Å². The van der Waals surface area contributed by atoms with Crippen LogP contribution in [-0.2, 0) is 4.74 Å². The topological polar surface area (TPSA) is 49.7 Å². The number of aliphatic hydroxyl groups excluding tert-OH is 1. The Hall–Kier alpha value is -0.900. The highest BCUT2D eigenvalue weighted by Gasteiger charge is 2.49. The van der Waals surface area contributed by atoms with Gasteiger partial charge in [0.1, 0.15) is 5.60 Å². The Balaban J connectivity index is 2.08. The van der Waals surface area contributed by atoms with Crippen LogP contribution >= 0.6 is 0 Å². The molecular formula is C27H46O3. The van der Waals surface area contributed by atoms with Gasteiger partial charge in [0.05, 0.1) is 17.3 Å². The molecule has 4 atom stereocenters. The van der Waals surface area contributed by atoms with Crippen LogP contribution in [0.3, 0.4) is 0 Å². The van der Waals surface area contributed by atoms with Crippen molar-refractivity contribution in [2.75, 3.05) is 0 Å². The maximum atomic E-state index is 10.8. The molecule has 0 saturated carbocycles. The van der Waals surface area contributed by atoms with Crippen LogP contribution in [0.25, 0.3) is 0 Å². The van der Waals surface area contributed by atoms with Crippen LogP contribution in [0.1, 0.15) is 113 Å². The molecule has 172 valence electrons. The van der Waals surface area contributed by atoms with Crippen molar-refractivity contribution in [1.82, 2.24) is 0 Å². The summed E-state index contributed by atoms with van der Waals surface area (Å²) in [5.74, 6) is 0. The van der Waals surface area contributed by atoms with Gasteiger partial charge in [-0.2, -0.15) is 0 Å². The molecule has 0 aromatic heterocycles. The number of hydrogen-bond acceptors (Lipinski definition) is 3. The van der Waals surface area contributed by atoms with Crippen molar-refractivity contribution >= 4 is 0 Å². The SMILES string of the molecule is CCCCC12OC(C)(CCCC(C)(O)CCC=C(C)C)CCC1=CC(O)C(C)=C2C. The van der Waals surface area contributed by atoms with Gasteiger partial charge in [-0.05, 0) is 116 Å². The second-order valence-corrected chi connectivity index (χ2v) is 10.6. The Kier molecular flexibility index (Phi) is 8.58. The molecule has 0 bridgehead atoms. The number of rotatable bonds is 10. The first-order valence-corrected chi connectivity index (χ1v) is 12.1. The van der Waals surface area contributed by atoms with Gasteiger partial charge < -0.3 is 14.9 Å². The quantitative estimate of drug-likeness (QED) is 0.384. The third-order valence-corrected chi connectivity index (χ3v) is 7.40. The maximum Gasteiger partial charge on any atom is 0.111 e. The highest BCUT2D eigenvalue weighted by molar-refractivity contribution is 5.44. The molecule has 4 unspecified atom stereocenters. The van der Waals surface area contributed by atoms with Crippen LogP contribution in [0.4, 0.5) is 0 Å². The molecule has 2 aliphatic rings. The number of aliphatic hydroxyl groups is 2. The first kappa shape index (κ1) is 25.4. The second-order valence-electron chi connectivity index (χ2n) is 10.6. The van der Waals surface area contributed by atoms with Crippen molar-refractivity contribution in [3.05, 3.63) is 34.4 Å². The summed E-state index contributed by atoms with van der Waals surface area (Å²) < 4.78 is 7.00. The predicted octanol–water partition coefficient (Wildman–Crippen LogP) is 6.79. The number of allylic oxidation sites excluding steroid dienone is 2. The fourth-order valence-electron chi connectivity index (χ4n) is 5.17. The van der Waals surface area contributed by atoms with E-state index in [1.165, 1.54) is 16.7 Å². The average molecular weight is 419 g/mol. The fourth-order valence-corrected chi connectivity index (χ4v) is 5.17. The molecule has 0 amide bonds. The van der Waals surface area contributed by atoms with E-state index in [2.05, 4.69) is 40.7 Å². The molecule has 1 saturated heterocycles. The summed E-state index contributed by atoms with van der Waals surface area (Å²) in [6.07, 6.45) is 13.5. The number of fused-ring (bicyclic) bond motifs is 1. The molecule has 1 aliphatic carbocycles. The molecule has 1 aliphatic heterocycles. The Morgan fingerprint density at radius 1 is 1.23 bits per heavy atom. The predicted molar refractivity (Wildman–Crippen MR) is 127 cm³/mol. The van der Waals surface area contributed by atoms with E-state index in [4.69, 9.17) is 4.74 Å². The lowest BCUT2D eigenvalue weighted by atomic mass is 9.69. The van der Waals surface area contributed by atoms with Crippen LogP contribution in [0, 0.1) is 0 Å². The minimum absolute atomic E-state index is 0.190. The van der Waals surface area contributed by atoms with E-state index in [9.17, 15) is 10.2 Å². The van der Waals surface area contributed by atoms with E-state index < -0.39 is 11.7 Å². The second kappa shape index (κ2) is 10.1. The summed E-state index contributed by atoms with van der Waals surface area (Å²) >= 11 is 0. The van der Waals surface area contributed by atoms with Gasteiger partial charge in [-0.25, -0.2) is 0 Å². The Labute approximate surface area is 185 Å². The number of hydrogen-bond donors (Lipinski definition) is 2. The van der Waals surface area contributed by atoms with Crippen LogP contribution in [0.2, 0.25) is 0 Å². The van der Waals surface area contributed by atoms with E-state index in [0.29, 0.717) is 0 Å². The van der Waals surface area contributed by atoms with Gasteiger partial charge in [-0.3, -0.25) is 0 Å². The van der Waals surface area contributed by atoms with E-state index >= 15 is 0 Å². The van der Waals surface area contributed by atoms with Gasteiger partial charge in [0.25, 0.3) is 0 Å². The molecule has 0 aromatic carbocycles. The molecule has 3 heteroatoms. The van der Waals surface area contributed by atoms with Crippen LogP contribution in [-0.4, -0.2) is 33.1 Å². The third kappa shape index (κ3) is 6.08. The van der Waals surface area contributed by atoms with E-state index in [1.807, 2.05) is 19.9 Å². The minimum atomic E-state index is -0.622.